The Hall–Kier alpha value is -3.44. The fourth-order valence-corrected chi connectivity index (χ4v) is 4.50. The summed E-state index contributed by atoms with van der Waals surface area (Å²) in [4.78, 5) is 19.4. The zero-order chi connectivity index (χ0) is 21.0. The van der Waals surface area contributed by atoms with Gasteiger partial charge in [0, 0.05) is 30.2 Å². The maximum absolute atomic E-state index is 13.1. The molecule has 1 amide bonds. The fraction of sp³-hybridized carbons (Fsp3) is 0.273. The lowest BCUT2D eigenvalue weighted by atomic mass is 9.97. The first-order chi connectivity index (χ1) is 14.5. The van der Waals surface area contributed by atoms with Crippen LogP contribution in [-0.4, -0.2) is 45.7 Å². The maximum atomic E-state index is 13.1. The molecule has 6 nitrogen and oxygen atoms in total. The van der Waals surface area contributed by atoms with Gasteiger partial charge in [-0.3, -0.25) is 4.79 Å². The summed E-state index contributed by atoms with van der Waals surface area (Å²) in [7, 11) is 1.70. The molecule has 0 radical (unpaired) electrons. The highest BCUT2D eigenvalue weighted by molar-refractivity contribution is 5.97. The third kappa shape index (κ3) is 2.66. The number of ether oxygens (including phenoxy) is 1. The smallest absolute Gasteiger partial charge is 0.387 e. The molecule has 0 aliphatic carbocycles. The van der Waals surface area contributed by atoms with E-state index >= 15 is 0 Å². The molecule has 3 heterocycles. The standard InChI is InChI=1S/C22H17F2N3O3/c1-26-17-11-16(19-13(21(26)29)5-2-6-18(19)30-22(23)24)27-15-10-12(4-3-9-28)7-8-14(15)25-20(17)27/h2,5-8,10,16-17,22,28H,9,11H2,1H3/t16-,17?/m1/s1. The van der Waals surface area contributed by atoms with Crippen molar-refractivity contribution in [1.29, 1.82) is 0 Å². The third-order valence-corrected chi connectivity index (χ3v) is 5.72. The SMILES string of the molecule is CN1C(=O)c2cccc(OC(F)F)c2[C@H]2CC1c1nc3ccc(C#CCO)cc3n12. The second kappa shape index (κ2) is 6.82. The number of carbonyl (C=O) groups excluding carboxylic acids is 1. The van der Waals surface area contributed by atoms with Crippen LogP contribution in [-0.2, 0) is 0 Å². The molecular weight excluding hydrogens is 392 g/mol. The van der Waals surface area contributed by atoms with E-state index in [-0.39, 0.29) is 30.3 Å². The van der Waals surface area contributed by atoms with Gasteiger partial charge in [-0.15, -0.1) is 0 Å². The molecule has 2 atom stereocenters. The van der Waals surface area contributed by atoms with Gasteiger partial charge >= 0.3 is 6.61 Å². The number of carbonyl (C=O) groups is 1. The van der Waals surface area contributed by atoms with E-state index < -0.39 is 6.61 Å². The van der Waals surface area contributed by atoms with Gasteiger partial charge in [0.25, 0.3) is 5.91 Å². The number of fused-ring (bicyclic) bond motifs is 9. The largest absolute Gasteiger partial charge is 0.434 e. The lowest BCUT2D eigenvalue weighted by Crippen LogP contribution is -2.30. The summed E-state index contributed by atoms with van der Waals surface area (Å²) < 4.78 is 33.0. The molecule has 152 valence electrons. The molecule has 2 aromatic carbocycles. The molecule has 5 rings (SSSR count). The summed E-state index contributed by atoms with van der Waals surface area (Å²) in [5.41, 5.74) is 3.03. The highest BCUT2D eigenvalue weighted by atomic mass is 19.3. The summed E-state index contributed by atoms with van der Waals surface area (Å²) in [5, 5.41) is 8.97. The van der Waals surface area contributed by atoms with Crippen LogP contribution in [0, 0.1) is 11.8 Å². The number of amides is 1. The minimum atomic E-state index is -3.00. The normalized spacial score (nSPS) is 19.4. The first-order valence-electron chi connectivity index (χ1n) is 9.46. The predicted octanol–water partition coefficient (Wildman–Crippen LogP) is 3.10. The molecule has 1 aromatic heterocycles. The van der Waals surface area contributed by atoms with Crippen LogP contribution in [0.25, 0.3) is 11.0 Å². The third-order valence-electron chi connectivity index (χ3n) is 5.72. The molecule has 3 aromatic rings. The van der Waals surface area contributed by atoms with Crippen LogP contribution in [0.3, 0.4) is 0 Å². The Labute approximate surface area is 170 Å². The molecule has 8 heteroatoms. The van der Waals surface area contributed by atoms with E-state index in [1.165, 1.54) is 6.07 Å². The number of benzene rings is 2. The van der Waals surface area contributed by atoms with E-state index in [9.17, 15) is 13.6 Å². The van der Waals surface area contributed by atoms with Gasteiger partial charge in [0.2, 0.25) is 0 Å². The summed E-state index contributed by atoms with van der Waals surface area (Å²) >= 11 is 0. The van der Waals surface area contributed by atoms with Gasteiger partial charge in [-0.25, -0.2) is 4.98 Å². The Balaban J connectivity index is 1.77. The van der Waals surface area contributed by atoms with Crippen molar-refractivity contribution in [2.75, 3.05) is 13.7 Å². The van der Waals surface area contributed by atoms with Crippen LogP contribution in [0.2, 0.25) is 0 Å². The second-order valence-corrected chi connectivity index (χ2v) is 7.28. The number of nitrogens with zero attached hydrogens (tertiary/aromatic N) is 3. The van der Waals surface area contributed by atoms with Crippen molar-refractivity contribution >= 4 is 16.9 Å². The molecular formula is C22H17F2N3O3. The van der Waals surface area contributed by atoms with E-state index in [1.807, 2.05) is 22.8 Å². The molecule has 2 aliphatic heterocycles. The first-order valence-corrected chi connectivity index (χ1v) is 9.46. The van der Waals surface area contributed by atoms with Crippen molar-refractivity contribution in [3.8, 4) is 17.6 Å². The summed E-state index contributed by atoms with van der Waals surface area (Å²) in [6.45, 7) is -3.24. The number of halogens is 2. The number of rotatable bonds is 2. The zero-order valence-electron chi connectivity index (χ0n) is 16.0. The van der Waals surface area contributed by atoms with E-state index in [4.69, 9.17) is 14.8 Å². The van der Waals surface area contributed by atoms with E-state index in [1.54, 1.807) is 24.1 Å². The van der Waals surface area contributed by atoms with Gasteiger partial charge in [0.05, 0.1) is 23.1 Å². The van der Waals surface area contributed by atoms with Gasteiger partial charge in [-0.05, 0) is 30.3 Å². The molecule has 0 fully saturated rings. The van der Waals surface area contributed by atoms with Crippen LogP contribution < -0.4 is 4.74 Å². The lowest BCUT2D eigenvalue weighted by Gasteiger charge is -2.24. The molecule has 2 bridgehead atoms. The van der Waals surface area contributed by atoms with Gasteiger partial charge in [-0.2, -0.15) is 8.78 Å². The van der Waals surface area contributed by atoms with Crippen molar-refractivity contribution < 1.29 is 23.4 Å². The van der Waals surface area contributed by atoms with Gasteiger partial charge in [0.1, 0.15) is 18.2 Å². The molecule has 2 aliphatic rings. The maximum Gasteiger partial charge on any atom is 0.387 e. The summed E-state index contributed by atoms with van der Waals surface area (Å²) in [5.74, 6) is 5.97. The quantitative estimate of drug-likeness (QED) is 0.661. The fourth-order valence-electron chi connectivity index (χ4n) is 4.50. The van der Waals surface area contributed by atoms with Crippen LogP contribution in [0.15, 0.2) is 36.4 Å². The van der Waals surface area contributed by atoms with Crippen LogP contribution in [0.5, 0.6) is 5.75 Å². The van der Waals surface area contributed by atoms with Crippen LogP contribution >= 0.6 is 0 Å². The molecule has 1 N–H and O–H groups in total. The summed E-state index contributed by atoms with van der Waals surface area (Å²) in [6.07, 6.45) is 0.518. The minimum Gasteiger partial charge on any atom is -0.434 e. The average Bonchev–Trinajstić information content (AvgIpc) is 3.24. The molecule has 1 unspecified atom stereocenters. The number of imidazole rings is 1. The van der Waals surface area contributed by atoms with E-state index in [0.717, 1.165) is 11.0 Å². The monoisotopic (exact) mass is 409 g/mol. The van der Waals surface area contributed by atoms with Crippen LogP contribution in [0.1, 0.15) is 45.8 Å². The average molecular weight is 409 g/mol. The van der Waals surface area contributed by atoms with E-state index in [0.29, 0.717) is 28.9 Å². The Bertz CT molecular complexity index is 1240. The molecule has 30 heavy (non-hydrogen) atoms. The molecule has 0 saturated carbocycles. The Morgan fingerprint density at radius 1 is 1.30 bits per heavy atom. The van der Waals surface area contributed by atoms with Crippen LogP contribution in [0.4, 0.5) is 8.78 Å². The number of aromatic nitrogens is 2. The first kappa shape index (κ1) is 18.6. The summed E-state index contributed by atoms with van der Waals surface area (Å²) in [6, 6.07) is 9.51. The van der Waals surface area contributed by atoms with Crippen molar-refractivity contribution in [2.45, 2.75) is 25.1 Å². The van der Waals surface area contributed by atoms with Gasteiger partial charge in [-0.1, -0.05) is 17.9 Å². The molecule has 0 saturated heterocycles. The minimum absolute atomic E-state index is 0.000766. The number of hydrogen-bond donors (Lipinski definition) is 1. The van der Waals surface area contributed by atoms with E-state index in [2.05, 4.69) is 11.8 Å². The number of alkyl halides is 2. The second-order valence-electron chi connectivity index (χ2n) is 7.28. The predicted molar refractivity (Wildman–Crippen MR) is 104 cm³/mol. The molecule has 0 spiro atoms. The highest BCUT2D eigenvalue weighted by Gasteiger charge is 2.44. The van der Waals surface area contributed by atoms with Crippen molar-refractivity contribution in [3.05, 3.63) is 58.9 Å². The Kier molecular flexibility index (Phi) is 4.22. The number of aliphatic hydroxyl groups is 1. The van der Waals surface area contributed by atoms with Gasteiger partial charge in [0.15, 0.2) is 0 Å². The Morgan fingerprint density at radius 2 is 2.13 bits per heavy atom. The lowest BCUT2D eigenvalue weighted by molar-refractivity contribution is -0.0507. The van der Waals surface area contributed by atoms with Crippen molar-refractivity contribution in [1.82, 2.24) is 14.5 Å². The zero-order valence-corrected chi connectivity index (χ0v) is 16.0. The number of hydrogen-bond acceptors (Lipinski definition) is 4. The number of aliphatic hydroxyl groups excluding tert-OH is 1. The van der Waals surface area contributed by atoms with Gasteiger partial charge < -0.3 is 19.3 Å². The van der Waals surface area contributed by atoms with Crippen molar-refractivity contribution in [2.24, 2.45) is 0 Å². The Morgan fingerprint density at radius 3 is 2.90 bits per heavy atom. The van der Waals surface area contributed by atoms with Crippen molar-refractivity contribution in [3.63, 3.8) is 0 Å². The highest BCUT2D eigenvalue weighted by Crippen LogP contribution is 2.49. The topological polar surface area (TPSA) is 67.6 Å².